The highest BCUT2D eigenvalue weighted by atomic mass is 32.2. The standard InChI is InChI=1S/C29H25N3O4S/c1-34-23-9-5-10-24(18-23)36-16-6-15-35-22-13-11-20(12-14-22)17-25-27(30)32-26(21-7-3-2-4-8-21)19-37-29(32)31-28(25)33/h2-5,7-14,17-19,30H,6,15-16H2,1H3/b25-17-,30-27?. The summed E-state index contributed by atoms with van der Waals surface area (Å²) < 4.78 is 16.8. The van der Waals surface area contributed by atoms with E-state index < -0.39 is 5.91 Å². The van der Waals surface area contributed by atoms with Crippen molar-refractivity contribution in [2.75, 3.05) is 20.3 Å². The maximum absolute atomic E-state index is 12.7. The van der Waals surface area contributed by atoms with Gasteiger partial charge in [-0.1, -0.05) is 60.3 Å². The molecular weight excluding hydrogens is 486 g/mol. The summed E-state index contributed by atoms with van der Waals surface area (Å²) >= 11 is 1.35. The molecule has 7 nitrogen and oxygen atoms in total. The van der Waals surface area contributed by atoms with Crippen LogP contribution in [0.3, 0.4) is 0 Å². The van der Waals surface area contributed by atoms with Crippen LogP contribution in [0.15, 0.2) is 94.8 Å². The van der Waals surface area contributed by atoms with Gasteiger partial charge < -0.3 is 14.2 Å². The molecule has 0 saturated carbocycles. The predicted octanol–water partition coefficient (Wildman–Crippen LogP) is 5.85. The Labute approximate surface area is 219 Å². The number of aliphatic imine (C=N–C) groups is 1. The van der Waals surface area contributed by atoms with E-state index in [0.717, 1.165) is 40.5 Å². The van der Waals surface area contributed by atoms with Gasteiger partial charge in [-0.25, -0.2) is 0 Å². The highest BCUT2D eigenvalue weighted by Gasteiger charge is 2.36. The third-order valence-electron chi connectivity index (χ3n) is 5.74. The van der Waals surface area contributed by atoms with Crippen LogP contribution in [-0.4, -0.2) is 42.1 Å². The molecule has 1 N–H and O–H groups in total. The molecule has 5 rings (SSSR count). The quantitative estimate of drug-likeness (QED) is 0.287. The molecule has 1 amide bonds. The lowest BCUT2D eigenvalue weighted by Crippen LogP contribution is -2.38. The van der Waals surface area contributed by atoms with E-state index in [9.17, 15) is 4.79 Å². The van der Waals surface area contributed by atoms with Gasteiger partial charge in [-0.05, 0) is 41.5 Å². The summed E-state index contributed by atoms with van der Waals surface area (Å²) in [4.78, 5) is 18.6. The first kappa shape index (κ1) is 24.4. The molecule has 0 bridgehead atoms. The molecule has 0 fully saturated rings. The topological polar surface area (TPSA) is 84.2 Å². The zero-order chi connectivity index (χ0) is 25.6. The van der Waals surface area contributed by atoms with Crippen LogP contribution in [0.2, 0.25) is 0 Å². The normalized spacial score (nSPS) is 15.8. The zero-order valence-corrected chi connectivity index (χ0v) is 21.0. The Balaban J connectivity index is 1.18. The second kappa shape index (κ2) is 11.2. The van der Waals surface area contributed by atoms with Crippen molar-refractivity contribution in [3.8, 4) is 17.2 Å². The summed E-state index contributed by atoms with van der Waals surface area (Å²) in [5.41, 5.74) is 2.84. The summed E-state index contributed by atoms with van der Waals surface area (Å²) in [7, 11) is 1.63. The van der Waals surface area contributed by atoms with E-state index >= 15 is 0 Å². The van der Waals surface area contributed by atoms with E-state index in [0.29, 0.717) is 18.4 Å². The van der Waals surface area contributed by atoms with Crippen molar-refractivity contribution in [2.45, 2.75) is 6.42 Å². The summed E-state index contributed by atoms with van der Waals surface area (Å²) in [6, 6.07) is 24.7. The van der Waals surface area contributed by atoms with Gasteiger partial charge in [0.15, 0.2) is 5.17 Å². The number of methoxy groups -OCH3 is 1. The molecule has 0 atom stereocenters. The van der Waals surface area contributed by atoms with Crippen molar-refractivity contribution in [3.05, 3.63) is 101 Å². The highest BCUT2D eigenvalue weighted by molar-refractivity contribution is 8.17. The lowest BCUT2D eigenvalue weighted by Gasteiger charge is -2.26. The molecule has 2 heterocycles. The number of nitrogens with zero attached hydrogens (tertiary/aromatic N) is 2. The second-order valence-corrected chi connectivity index (χ2v) is 9.06. The minimum absolute atomic E-state index is 0.117. The highest BCUT2D eigenvalue weighted by Crippen LogP contribution is 2.37. The van der Waals surface area contributed by atoms with Crippen LogP contribution in [0.25, 0.3) is 11.8 Å². The second-order valence-electron chi connectivity index (χ2n) is 8.23. The van der Waals surface area contributed by atoms with Gasteiger partial charge in [-0.2, -0.15) is 4.99 Å². The number of carbonyl (C=O) groups is 1. The maximum Gasteiger partial charge on any atom is 0.283 e. The number of thioether (sulfide) groups is 1. The van der Waals surface area contributed by atoms with E-state index in [-0.39, 0.29) is 11.4 Å². The van der Waals surface area contributed by atoms with E-state index in [1.807, 2.05) is 84.3 Å². The summed E-state index contributed by atoms with van der Waals surface area (Å²) in [6.45, 7) is 1.03. The number of fused-ring (bicyclic) bond motifs is 1. The van der Waals surface area contributed by atoms with Gasteiger partial charge in [0.2, 0.25) is 0 Å². The number of benzene rings is 3. The monoisotopic (exact) mass is 511 g/mol. The van der Waals surface area contributed by atoms with E-state index in [4.69, 9.17) is 19.6 Å². The zero-order valence-electron chi connectivity index (χ0n) is 20.2. The number of hydrogen-bond donors (Lipinski definition) is 1. The van der Waals surface area contributed by atoms with Gasteiger partial charge in [0.05, 0.1) is 31.6 Å². The number of ether oxygens (including phenoxy) is 3. The van der Waals surface area contributed by atoms with Crippen molar-refractivity contribution in [2.24, 2.45) is 4.99 Å². The Morgan fingerprint density at radius 3 is 2.41 bits per heavy atom. The largest absolute Gasteiger partial charge is 0.497 e. The van der Waals surface area contributed by atoms with Crippen LogP contribution in [0.4, 0.5) is 0 Å². The van der Waals surface area contributed by atoms with Gasteiger partial charge in [0.1, 0.15) is 23.1 Å². The third kappa shape index (κ3) is 5.59. The van der Waals surface area contributed by atoms with Gasteiger partial charge in [-0.15, -0.1) is 0 Å². The van der Waals surface area contributed by atoms with E-state index in [1.165, 1.54) is 11.8 Å². The first-order chi connectivity index (χ1) is 18.1. The number of amidine groups is 2. The number of carbonyl (C=O) groups excluding carboxylic acids is 1. The molecule has 0 radical (unpaired) electrons. The van der Waals surface area contributed by atoms with Gasteiger partial charge in [-0.3, -0.25) is 15.1 Å². The van der Waals surface area contributed by atoms with E-state index in [1.54, 1.807) is 18.1 Å². The fourth-order valence-corrected chi connectivity index (χ4v) is 4.76. The summed E-state index contributed by atoms with van der Waals surface area (Å²) in [6.07, 6.45) is 2.42. The molecule has 0 spiro atoms. The molecule has 0 aliphatic carbocycles. The van der Waals surface area contributed by atoms with Crippen LogP contribution in [0, 0.1) is 5.41 Å². The van der Waals surface area contributed by atoms with Crippen LogP contribution >= 0.6 is 11.8 Å². The average molecular weight is 512 g/mol. The van der Waals surface area contributed by atoms with Crippen molar-refractivity contribution >= 4 is 40.4 Å². The molecule has 37 heavy (non-hydrogen) atoms. The molecular formula is C29H25N3O4S. The lowest BCUT2D eigenvalue weighted by molar-refractivity contribution is -0.114. The number of nitrogens with one attached hydrogen (secondary N) is 1. The Morgan fingerprint density at radius 1 is 0.919 bits per heavy atom. The lowest BCUT2D eigenvalue weighted by atomic mass is 10.1. The number of rotatable bonds is 9. The minimum Gasteiger partial charge on any atom is -0.497 e. The summed E-state index contributed by atoms with van der Waals surface area (Å²) in [5, 5.41) is 11.2. The molecule has 3 aromatic carbocycles. The van der Waals surface area contributed by atoms with Crippen molar-refractivity contribution in [1.29, 1.82) is 5.41 Å². The molecule has 2 aliphatic rings. The van der Waals surface area contributed by atoms with Gasteiger partial charge in [0.25, 0.3) is 5.91 Å². The Bertz CT molecular complexity index is 1400. The molecule has 0 saturated heterocycles. The Kier molecular flexibility index (Phi) is 7.37. The van der Waals surface area contributed by atoms with Gasteiger partial charge >= 0.3 is 0 Å². The molecule has 0 aromatic heterocycles. The first-order valence-corrected chi connectivity index (χ1v) is 12.7. The van der Waals surface area contributed by atoms with Crippen LogP contribution in [0.1, 0.15) is 17.5 Å². The average Bonchev–Trinajstić information content (AvgIpc) is 3.36. The number of hydrogen-bond acceptors (Lipinski definition) is 6. The molecule has 3 aromatic rings. The maximum atomic E-state index is 12.7. The fourth-order valence-electron chi connectivity index (χ4n) is 3.87. The van der Waals surface area contributed by atoms with Crippen LogP contribution < -0.4 is 14.2 Å². The fraction of sp³-hybridized carbons (Fsp3) is 0.138. The van der Waals surface area contributed by atoms with Gasteiger partial charge in [0, 0.05) is 17.9 Å². The Morgan fingerprint density at radius 2 is 1.65 bits per heavy atom. The van der Waals surface area contributed by atoms with Crippen molar-refractivity contribution in [1.82, 2.24) is 4.90 Å². The van der Waals surface area contributed by atoms with Crippen LogP contribution in [0.5, 0.6) is 17.2 Å². The van der Waals surface area contributed by atoms with E-state index in [2.05, 4.69) is 4.99 Å². The molecule has 2 aliphatic heterocycles. The molecule has 186 valence electrons. The summed E-state index contributed by atoms with van der Waals surface area (Å²) in [5.74, 6) is 1.94. The number of amides is 1. The third-order valence-corrected chi connectivity index (χ3v) is 6.57. The van der Waals surface area contributed by atoms with Crippen LogP contribution in [-0.2, 0) is 4.79 Å². The smallest absolute Gasteiger partial charge is 0.283 e. The predicted molar refractivity (Wildman–Crippen MR) is 147 cm³/mol. The minimum atomic E-state index is -0.414. The SMILES string of the molecule is COc1cccc(OCCCOc2ccc(/C=C3/C(=N)N4C(c5ccccc5)=CSC4=NC3=O)cc2)c1. The molecule has 0 unspecified atom stereocenters. The van der Waals surface area contributed by atoms with Crippen molar-refractivity contribution < 1.29 is 19.0 Å². The first-order valence-electron chi connectivity index (χ1n) is 11.8. The molecule has 8 heteroatoms. The van der Waals surface area contributed by atoms with Crippen molar-refractivity contribution in [3.63, 3.8) is 0 Å². The Hall–Kier alpha value is -4.30.